The Bertz CT molecular complexity index is 593. The molecule has 0 fully saturated rings. The highest BCUT2D eigenvalue weighted by Gasteiger charge is 2.20. The summed E-state index contributed by atoms with van der Waals surface area (Å²) in [6.07, 6.45) is 1.00. The van der Waals surface area contributed by atoms with E-state index in [0.29, 0.717) is 6.04 Å². The second-order valence-electron chi connectivity index (χ2n) is 6.08. The molecule has 21 heavy (non-hydrogen) atoms. The molecule has 0 bridgehead atoms. The van der Waals surface area contributed by atoms with Crippen LogP contribution in [0.1, 0.15) is 59.1 Å². The fraction of sp³-hybridized carbons (Fsp3) is 0.500. The van der Waals surface area contributed by atoms with Crippen LogP contribution in [0.25, 0.3) is 0 Å². The van der Waals surface area contributed by atoms with Crippen LogP contribution in [0.2, 0.25) is 0 Å². The van der Waals surface area contributed by atoms with Crippen LogP contribution in [-0.2, 0) is 6.42 Å². The van der Waals surface area contributed by atoms with Gasteiger partial charge in [0, 0.05) is 10.9 Å². The van der Waals surface area contributed by atoms with Gasteiger partial charge in [-0.1, -0.05) is 36.2 Å². The molecule has 1 heterocycles. The Morgan fingerprint density at radius 2 is 1.71 bits per heavy atom. The average molecular weight is 302 g/mol. The summed E-state index contributed by atoms with van der Waals surface area (Å²) in [5.41, 5.74) is 5.17. The summed E-state index contributed by atoms with van der Waals surface area (Å²) in [6, 6.07) is 7.38. The summed E-state index contributed by atoms with van der Waals surface area (Å²) in [6.45, 7) is 13.1. The molecule has 3 heteroatoms. The number of thiazole rings is 1. The van der Waals surface area contributed by atoms with Gasteiger partial charge in [0.2, 0.25) is 0 Å². The largest absolute Gasteiger partial charge is 0.302 e. The van der Waals surface area contributed by atoms with Crippen molar-refractivity contribution in [2.24, 2.45) is 0 Å². The number of rotatable bonds is 5. The van der Waals surface area contributed by atoms with Crippen molar-refractivity contribution in [3.63, 3.8) is 0 Å². The first-order valence-corrected chi connectivity index (χ1v) is 8.52. The van der Waals surface area contributed by atoms with Crippen LogP contribution in [0.15, 0.2) is 18.2 Å². The first-order chi connectivity index (χ1) is 9.90. The normalized spacial score (nSPS) is 12.9. The van der Waals surface area contributed by atoms with Gasteiger partial charge in [-0.05, 0) is 46.6 Å². The van der Waals surface area contributed by atoms with Crippen LogP contribution in [0.5, 0.6) is 0 Å². The van der Waals surface area contributed by atoms with E-state index in [-0.39, 0.29) is 6.04 Å². The summed E-state index contributed by atoms with van der Waals surface area (Å²) in [7, 11) is 0. The topological polar surface area (TPSA) is 24.9 Å². The van der Waals surface area contributed by atoms with Crippen molar-refractivity contribution in [2.45, 2.75) is 60.0 Å². The maximum Gasteiger partial charge on any atom is 0.115 e. The maximum atomic E-state index is 4.87. The summed E-state index contributed by atoms with van der Waals surface area (Å²) in [4.78, 5) is 6.21. The molecule has 0 spiro atoms. The fourth-order valence-corrected chi connectivity index (χ4v) is 3.82. The molecule has 1 aromatic heterocycles. The van der Waals surface area contributed by atoms with Crippen molar-refractivity contribution < 1.29 is 0 Å². The smallest absolute Gasteiger partial charge is 0.115 e. The van der Waals surface area contributed by atoms with Crippen molar-refractivity contribution in [1.82, 2.24) is 10.3 Å². The van der Waals surface area contributed by atoms with E-state index in [4.69, 9.17) is 4.98 Å². The number of hydrogen-bond donors (Lipinski definition) is 1. The van der Waals surface area contributed by atoms with Crippen LogP contribution in [0, 0.1) is 20.8 Å². The molecule has 1 N–H and O–H groups in total. The zero-order chi connectivity index (χ0) is 15.6. The van der Waals surface area contributed by atoms with E-state index < -0.39 is 0 Å². The molecule has 114 valence electrons. The molecule has 0 saturated heterocycles. The van der Waals surface area contributed by atoms with E-state index in [1.165, 1.54) is 32.3 Å². The second kappa shape index (κ2) is 6.71. The van der Waals surface area contributed by atoms with E-state index >= 15 is 0 Å². The molecule has 0 saturated carbocycles. The highest BCUT2D eigenvalue weighted by Crippen LogP contribution is 2.30. The first kappa shape index (κ1) is 16.2. The number of aryl methyl sites for hydroxylation is 4. The Kier molecular flexibility index (Phi) is 5.17. The SMILES string of the molecule is CCc1nc(C(NC(C)C)c2cc(C)cc(C)c2)sc1C. The minimum Gasteiger partial charge on any atom is -0.302 e. The molecule has 0 aliphatic heterocycles. The molecule has 2 aromatic rings. The van der Waals surface area contributed by atoms with Crippen LogP contribution < -0.4 is 5.32 Å². The molecule has 0 aliphatic rings. The van der Waals surface area contributed by atoms with Gasteiger partial charge in [0.25, 0.3) is 0 Å². The molecule has 2 nitrogen and oxygen atoms in total. The zero-order valence-electron chi connectivity index (χ0n) is 13.9. The molecular weight excluding hydrogens is 276 g/mol. The Labute approximate surface area is 132 Å². The molecule has 0 radical (unpaired) electrons. The van der Waals surface area contributed by atoms with Crippen LogP contribution in [0.4, 0.5) is 0 Å². The van der Waals surface area contributed by atoms with Gasteiger partial charge in [0.1, 0.15) is 5.01 Å². The summed E-state index contributed by atoms with van der Waals surface area (Å²) < 4.78 is 0. The Morgan fingerprint density at radius 1 is 1.10 bits per heavy atom. The van der Waals surface area contributed by atoms with Gasteiger partial charge in [0.05, 0.1) is 11.7 Å². The molecule has 1 aromatic carbocycles. The summed E-state index contributed by atoms with van der Waals surface area (Å²) in [5, 5.41) is 4.86. The lowest BCUT2D eigenvalue weighted by Gasteiger charge is -2.21. The van der Waals surface area contributed by atoms with Crippen molar-refractivity contribution in [3.8, 4) is 0 Å². The fourth-order valence-electron chi connectivity index (χ4n) is 2.72. The molecule has 2 rings (SSSR count). The molecule has 1 atom stereocenters. The highest BCUT2D eigenvalue weighted by atomic mass is 32.1. The van der Waals surface area contributed by atoms with Crippen LogP contribution >= 0.6 is 11.3 Å². The van der Waals surface area contributed by atoms with Crippen molar-refractivity contribution >= 4 is 11.3 Å². The van der Waals surface area contributed by atoms with Gasteiger partial charge < -0.3 is 5.32 Å². The van der Waals surface area contributed by atoms with E-state index in [0.717, 1.165) is 6.42 Å². The predicted octanol–water partition coefficient (Wildman–Crippen LogP) is 4.72. The lowest BCUT2D eigenvalue weighted by Crippen LogP contribution is -2.29. The predicted molar refractivity (Wildman–Crippen MR) is 92.3 cm³/mol. The maximum absolute atomic E-state index is 4.87. The number of benzene rings is 1. The molecule has 0 amide bonds. The summed E-state index contributed by atoms with van der Waals surface area (Å²) >= 11 is 1.82. The minimum atomic E-state index is 0.188. The summed E-state index contributed by atoms with van der Waals surface area (Å²) in [5.74, 6) is 0. The third-order valence-corrected chi connectivity index (χ3v) is 4.65. The van der Waals surface area contributed by atoms with E-state index in [1.54, 1.807) is 0 Å². The van der Waals surface area contributed by atoms with E-state index in [1.807, 2.05) is 11.3 Å². The number of hydrogen-bond acceptors (Lipinski definition) is 3. The third-order valence-electron chi connectivity index (χ3n) is 3.57. The first-order valence-electron chi connectivity index (χ1n) is 7.71. The van der Waals surface area contributed by atoms with Crippen molar-refractivity contribution in [3.05, 3.63) is 50.5 Å². The van der Waals surface area contributed by atoms with Gasteiger partial charge >= 0.3 is 0 Å². The Balaban J connectivity index is 2.46. The molecule has 1 unspecified atom stereocenters. The monoisotopic (exact) mass is 302 g/mol. The van der Waals surface area contributed by atoms with Crippen LogP contribution in [0.3, 0.4) is 0 Å². The van der Waals surface area contributed by atoms with Gasteiger partial charge in [-0.3, -0.25) is 0 Å². The molecule has 0 aliphatic carbocycles. The molecular formula is C18H26N2S. The van der Waals surface area contributed by atoms with Gasteiger partial charge in [-0.25, -0.2) is 4.98 Å². The standard InChI is InChI=1S/C18H26N2S/c1-7-16-14(6)21-18(20-16)17(19-11(2)3)15-9-12(4)8-13(5)10-15/h8-11,17,19H,7H2,1-6H3. The lowest BCUT2D eigenvalue weighted by molar-refractivity contribution is 0.526. The van der Waals surface area contributed by atoms with Gasteiger partial charge in [-0.2, -0.15) is 0 Å². The quantitative estimate of drug-likeness (QED) is 0.864. The van der Waals surface area contributed by atoms with Gasteiger partial charge in [0.15, 0.2) is 0 Å². The van der Waals surface area contributed by atoms with E-state index in [9.17, 15) is 0 Å². The number of aromatic nitrogens is 1. The van der Waals surface area contributed by atoms with Crippen molar-refractivity contribution in [1.29, 1.82) is 0 Å². The average Bonchev–Trinajstić information content (AvgIpc) is 2.75. The Morgan fingerprint density at radius 3 is 2.19 bits per heavy atom. The zero-order valence-corrected chi connectivity index (χ0v) is 14.8. The third kappa shape index (κ3) is 3.92. The number of nitrogens with zero attached hydrogens (tertiary/aromatic N) is 1. The minimum absolute atomic E-state index is 0.188. The van der Waals surface area contributed by atoms with Gasteiger partial charge in [-0.15, -0.1) is 11.3 Å². The number of nitrogens with one attached hydrogen (secondary N) is 1. The van der Waals surface area contributed by atoms with Crippen molar-refractivity contribution in [2.75, 3.05) is 0 Å². The lowest BCUT2D eigenvalue weighted by atomic mass is 10.0. The highest BCUT2D eigenvalue weighted by molar-refractivity contribution is 7.11. The second-order valence-corrected chi connectivity index (χ2v) is 7.32. The Hall–Kier alpha value is -1.19. The van der Waals surface area contributed by atoms with E-state index in [2.05, 4.69) is 65.1 Å². The van der Waals surface area contributed by atoms with Crippen LogP contribution in [-0.4, -0.2) is 11.0 Å².